The zero-order chi connectivity index (χ0) is 15.8. The fourth-order valence-corrected chi connectivity index (χ4v) is 3.17. The van der Waals surface area contributed by atoms with Crippen LogP contribution in [0.15, 0.2) is 59.1 Å². The molecule has 0 aliphatic carbocycles. The standard InChI is InChI=1S/C16H11FN4OS/c17-11-2-1-3-13(8-11)21-6-4-12(19-21)9-20-10-18-14-5-7-23-15(14)16(20)22/h1-8,10H,9H2. The third kappa shape index (κ3) is 2.55. The minimum atomic E-state index is -0.317. The van der Waals surface area contributed by atoms with E-state index in [0.717, 1.165) is 0 Å². The molecule has 4 rings (SSSR count). The van der Waals surface area contributed by atoms with E-state index in [-0.39, 0.29) is 11.4 Å². The molecule has 0 aliphatic rings. The van der Waals surface area contributed by atoms with E-state index in [1.807, 2.05) is 11.4 Å². The number of hydrogen-bond acceptors (Lipinski definition) is 4. The van der Waals surface area contributed by atoms with E-state index < -0.39 is 0 Å². The van der Waals surface area contributed by atoms with Crippen LogP contribution in [-0.4, -0.2) is 19.3 Å². The smallest absolute Gasteiger partial charge is 0.271 e. The van der Waals surface area contributed by atoms with E-state index >= 15 is 0 Å². The molecule has 114 valence electrons. The predicted octanol–water partition coefficient (Wildman–Crippen LogP) is 2.83. The minimum Gasteiger partial charge on any atom is -0.292 e. The molecule has 23 heavy (non-hydrogen) atoms. The van der Waals surface area contributed by atoms with Gasteiger partial charge in [-0.25, -0.2) is 14.1 Å². The molecule has 0 aliphatic heterocycles. The van der Waals surface area contributed by atoms with Crippen molar-refractivity contribution in [3.8, 4) is 5.69 Å². The van der Waals surface area contributed by atoms with E-state index in [2.05, 4.69) is 10.1 Å². The molecule has 3 aromatic heterocycles. The van der Waals surface area contributed by atoms with Crippen molar-refractivity contribution in [1.82, 2.24) is 19.3 Å². The van der Waals surface area contributed by atoms with Crippen molar-refractivity contribution in [3.63, 3.8) is 0 Å². The minimum absolute atomic E-state index is 0.0784. The van der Waals surface area contributed by atoms with E-state index in [0.29, 0.717) is 28.1 Å². The summed E-state index contributed by atoms with van der Waals surface area (Å²) in [4.78, 5) is 16.6. The molecule has 0 fully saturated rings. The Balaban J connectivity index is 1.66. The maximum Gasteiger partial charge on any atom is 0.271 e. The van der Waals surface area contributed by atoms with Crippen molar-refractivity contribution in [2.24, 2.45) is 0 Å². The molecule has 3 heterocycles. The van der Waals surface area contributed by atoms with E-state index in [4.69, 9.17) is 0 Å². The molecular weight excluding hydrogens is 315 g/mol. The number of hydrogen-bond donors (Lipinski definition) is 0. The molecule has 0 amide bonds. The van der Waals surface area contributed by atoms with Gasteiger partial charge in [0, 0.05) is 6.20 Å². The topological polar surface area (TPSA) is 52.7 Å². The highest BCUT2D eigenvalue weighted by Crippen LogP contribution is 2.14. The Morgan fingerprint density at radius 1 is 1.22 bits per heavy atom. The van der Waals surface area contributed by atoms with Crippen LogP contribution in [-0.2, 0) is 6.54 Å². The third-order valence-corrected chi connectivity index (χ3v) is 4.38. The highest BCUT2D eigenvalue weighted by molar-refractivity contribution is 7.17. The van der Waals surface area contributed by atoms with Crippen molar-refractivity contribution in [2.45, 2.75) is 6.54 Å². The lowest BCUT2D eigenvalue weighted by Gasteiger charge is -2.03. The summed E-state index contributed by atoms with van der Waals surface area (Å²) >= 11 is 1.38. The van der Waals surface area contributed by atoms with Crippen LogP contribution in [0.5, 0.6) is 0 Å². The summed E-state index contributed by atoms with van der Waals surface area (Å²) in [6.07, 6.45) is 3.27. The van der Waals surface area contributed by atoms with Crippen LogP contribution in [0.25, 0.3) is 15.9 Å². The largest absolute Gasteiger partial charge is 0.292 e. The Morgan fingerprint density at radius 2 is 2.13 bits per heavy atom. The molecule has 7 heteroatoms. The van der Waals surface area contributed by atoms with Gasteiger partial charge >= 0.3 is 0 Å². The number of fused-ring (bicyclic) bond motifs is 1. The summed E-state index contributed by atoms with van der Waals surface area (Å²) in [6.45, 7) is 0.321. The highest BCUT2D eigenvalue weighted by atomic mass is 32.1. The summed E-state index contributed by atoms with van der Waals surface area (Å²) in [5.74, 6) is -0.317. The summed E-state index contributed by atoms with van der Waals surface area (Å²) in [7, 11) is 0. The lowest BCUT2D eigenvalue weighted by atomic mass is 10.3. The van der Waals surface area contributed by atoms with Crippen LogP contribution in [0.2, 0.25) is 0 Å². The van der Waals surface area contributed by atoms with Gasteiger partial charge in [0.15, 0.2) is 0 Å². The molecule has 0 saturated carbocycles. The highest BCUT2D eigenvalue weighted by Gasteiger charge is 2.08. The van der Waals surface area contributed by atoms with Crippen LogP contribution in [0.4, 0.5) is 4.39 Å². The molecule has 0 N–H and O–H groups in total. The van der Waals surface area contributed by atoms with Gasteiger partial charge < -0.3 is 0 Å². The number of aromatic nitrogens is 4. The van der Waals surface area contributed by atoms with E-state index in [9.17, 15) is 9.18 Å². The number of thiophene rings is 1. The van der Waals surface area contributed by atoms with Gasteiger partial charge in [-0.3, -0.25) is 9.36 Å². The normalized spacial score (nSPS) is 11.2. The van der Waals surface area contributed by atoms with Crippen molar-refractivity contribution in [1.29, 1.82) is 0 Å². The van der Waals surface area contributed by atoms with E-state index in [1.165, 1.54) is 34.4 Å². The van der Waals surface area contributed by atoms with Crippen LogP contribution in [0.1, 0.15) is 5.69 Å². The Bertz CT molecular complexity index is 1050. The van der Waals surface area contributed by atoms with Crippen molar-refractivity contribution < 1.29 is 4.39 Å². The van der Waals surface area contributed by atoms with Crippen LogP contribution < -0.4 is 5.56 Å². The lowest BCUT2D eigenvalue weighted by Crippen LogP contribution is -2.20. The molecule has 0 spiro atoms. The first-order valence-electron chi connectivity index (χ1n) is 6.94. The van der Waals surface area contributed by atoms with Gasteiger partial charge in [-0.1, -0.05) is 6.07 Å². The molecule has 0 unspecified atom stereocenters. The SMILES string of the molecule is O=c1c2sccc2ncn1Cc1ccn(-c2cccc(F)c2)n1. The summed E-state index contributed by atoms with van der Waals surface area (Å²) in [6, 6.07) is 9.81. The Labute approximate surface area is 134 Å². The third-order valence-electron chi connectivity index (χ3n) is 3.49. The number of benzene rings is 1. The maximum atomic E-state index is 13.3. The molecule has 0 saturated heterocycles. The van der Waals surface area contributed by atoms with Crippen LogP contribution in [0, 0.1) is 5.82 Å². The number of rotatable bonds is 3. The summed E-state index contributed by atoms with van der Waals surface area (Å²) < 4.78 is 17.0. The molecule has 0 atom stereocenters. The quantitative estimate of drug-likeness (QED) is 0.582. The van der Waals surface area contributed by atoms with Gasteiger partial charge in [-0.15, -0.1) is 11.3 Å². The molecule has 0 radical (unpaired) electrons. The van der Waals surface area contributed by atoms with Gasteiger partial charge in [-0.05, 0) is 35.7 Å². The second-order valence-electron chi connectivity index (χ2n) is 5.04. The number of halogens is 1. The molecule has 1 aromatic carbocycles. The first-order valence-corrected chi connectivity index (χ1v) is 7.82. The zero-order valence-electron chi connectivity index (χ0n) is 11.9. The second-order valence-corrected chi connectivity index (χ2v) is 5.96. The fraction of sp³-hybridized carbons (Fsp3) is 0.0625. The first kappa shape index (κ1) is 13.8. The van der Waals surface area contributed by atoms with Crippen LogP contribution in [0.3, 0.4) is 0 Å². The van der Waals surface area contributed by atoms with Gasteiger partial charge in [-0.2, -0.15) is 5.10 Å². The monoisotopic (exact) mass is 326 g/mol. The molecule has 4 aromatic rings. The Hall–Kier alpha value is -2.80. The molecule has 0 bridgehead atoms. The van der Waals surface area contributed by atoms with E-state index in [1.54, 1.807) is 29.1 Å². The van der Waals surface area contributed by atoms with Crippen molar-refractivity contribution >= 4 is 21.6 Å². The van der Waals surface area contributed by atoms with Crippen molar-refractivity contribution in [3.05, 3.63) is 76.2 Å². The van der Waals surface area contributed by atoms with Gasteiger partial charge in [0.05, 0.1) is 29.8 Å². The van der Waals surface area contributed by atoms with Crippen molar-refractivity contribution in [2.75, 3.05) is 0 Å². The summed E-state index contributed by atoms with van der Waals surface area (Å²) in [5, 5.41) is 6.24. The summed E-state index contributed by atoms with van der Waals surface area (Å²) in [5.41, 5.74) is 1.97. The predicted molar refractivity (Wildman–Crippen MR) is 86.5 cm³/mol. The fourth-order valence-electron chi connectivity index (χ4n) is 2.37. The molecular formula is C16H11FN4OS. The molecule has 5 nitrogen and oxygen atoms in total. The van der Waals surface area contributed by atoms with Gasteiger partial charge in [0.25, 0.3) is 5.56 Å². The van der Waals surface area contributed by atoms with Gasteiger partial charge in [0.2, 0.25) is 0 Å². The number of nitrogens with zero attached hydrogens (tertiary/aromatic N) is 4. The maximum absolute atomic E-state index is 13.3. The Kier molecular flexibility index (Phi) is 3.27. The second kappa shape index (κ2) is 5.44. The lowest BCUT2D eigenvalue weighted by molar-refractivity contribution is 0.625. The average molecular weight is 326 g/mol. The van der Waals surface area contributed by atoms with Crippen LogP contribution >= 0.6 is 11.3 Å². The Morgan fingerprint density at radius 3 is 3.00 bits per heavy atom. The average Bonchev–Trinajstić information content (AvgIpc) is 3.20. The van der Waals surface area contributed by atoms with Gasteiger partial charge in [0.1, 0.15) is 10.5 Å². The zero-order valence-corrected chi connectivity index (χ0v) is 12.7. The first-order chi connectivity index (χ1) is 11.2.